The van der Waals surface area contributed by atoms with E-state index in [0.29, 0.717) is 37.0 Å². The lowest BCUT2D eigenvalue weighted by atomic mass is 9.89. The molecule has 1 heterocycles. The second-order valence-corrected chi connectivity index (χ2v) is 10.4. The van der Waals surface area contributed by atoms with Crippen molar-refractivity contribution in [1.82, 2.24) is 14.9 Å². The molecule has 0 aliphatic carbocycles. The van der Waals surface area contributed by atoms with Gasteiger partial charge in [-0.05, 0) is 36.0 Å². The minimum Gasteiger partial charge on any atom is -0.379 e. The van der Waals surface area contributed by atoms with Gasteiger partial charge < -0.3 is 15.4 Å². The van der Waals surface area contributed by atoms with Gasteiger partial charge in [0, 0.05) is 40.3 Å². The molecule has 1 aromatic rings. The number of sulfonamides is 1. The minimum atomic E-state index is -3.39. The summed E-state index contributed by atoms with van der Waals surface area (Å²) in [6.07, 6.45) is 3.03. The zero-order chi connectivity index (χ0) is 21.5. The molecule has 0 saturated carbocycles. The van der Waals surface area contributed by atoms with Crippen LogP contribution in [0.15, 0.2) is 34.2 Å². The third-order valence-corrected chi connectivity index (χ3v) is 7.18. The second kappa shape index (κ2) is 12.2. The molecular weight excluding hydrogens is 515 g/mol. The van der Waals surface area contributed by atoms with E-state index < -0.39 is 10.0 Å². The van der Waals surface area contributed by atoms with Crippen molar-refractivity contribution in [2.75, 3.05) is 33.8 Å². The third kappa shape index (κ3) is 7.65. The SMILES string of the molecule is CN=C(NCc1ccc(S(=O)(=O)N2CCCCC2)cc1)NCC(OC)C(C)(C)C.I. The van der Waals surface area contributed by atoms with Crippen LogP contribution >= 0.6 is 24.0 Å². The molecule has 0 radical (unpaired) electrons. The van der Waals surface area contributed by atoms with Gasteiger partial charge in [0.05, 0.1) is 11.0 Å². The highest BCUT2D eigenvalue weighted by molar-refractivity contribution is 14.0. The van der Waals surface area contributed by atoms with Crippen molar-refractivity contribution >= 4 is 40.0 Å². The molecule has 0 aromatic heterocycles. The highest BCUT2D eigenvalue weighted by Crippen LogP contribution is 2.22. The number of rotatable bonds is 7. The first-order chi connectivity index (χ1) is 13.7. The summed E-state index contributed by atoms with van der Waals surface area (Å²) < 4.78 is 32.6. The molecule has 9 heteroatoms. The molecule has 0 spiro atoms. The number of hydrogen-bond donors (Lipinski definition) is 2. The first kappa shape index (κ1) is 27.1. The highest BCUT2D eigenvalue weighted by Gasteiger charge is 2.26. The zero-order valence-corrected chi connectivity index (χ0v) is 21.9. The smallest absolute Gasteiger partial charge is 0.243 e. The number of halogens is 1. The number of nitrogens with zero attached hydrogens (tertiary/aromatic N) is 2. The average Bonchev–Trinajstić information content (AvgIpc) is 2.70. The Morgan fingerprint density at radius 1 is 1.13 bits per heavy atom. The van der Waals surface area contributed by atoms with Gasteiger partial charge in [0.1, 0.15) is 0 Å². The Morgan fingerprint density at radius 2 is 1.73 bits per heavy atom. The maximum Gasteiger partial charge on any atom is 0.243 e. The number of piperidine rings is 1. The van der Waals surface area contributed by atoms with E-state index in [0.717, 1.165) is 24.8 Å². The van der Waals surface area contributed by atoms with E-state index in [2.05, 4.69) is 36.4 Å². The van der Waals surface area contributed by atoms with E-state index in [1.165, 1.54) is 0 Å². The summed E-state index contributed by atoms with van der Waals surface area (Å²) in [5, 5.41) is 6.55. The topological polar surface area (TPSA) is 83.0 Å². The van der Waals surface area contributed by atoms with Crippen molar-refractivity contribution < 1.29 is 13.2 Å². The summed E-state index contributed by atoms with van der Waals surface area (Å²) in [7, 11) is 0.0534. The van der Waals surface area contributed by atoms with Crippen LogP contribution in [-0.2, 0) is 21.3 Å². The molecule has 2 N–H and O–H groups in total. The molecule has 0 amide bonds. The van der Waals surface area contributed by atoms with E-state index in [1.54, 1.807) is 30.6 Å². The van der Waals surface area contributed by atoms with Crippen molar-refractivity contribution in [3.05, 3.63) is 29.8 Å². The standard InChI is InChI=1S/C21H36N4O3S.HI/c1-21(2,3)19(28-5)16-24-20(22-4)23-15-17-9-11-18(12-10-17)29(26,27)25-13-7-6-8-14-25;/h9-12,19H,6-8,13-16H2,1-5H3,(H2,22,23,24);1H. The number of aliphatic imine (C=N–C) groups is 1. The average molecular weight is 553 g/mol. The Balaban J connectivity index is 0.00000450. The summed E-state index contributed by atoms with van der Waals surface area (Å²) in [4.78, 5) is 4.61. The lowest BCUT2D eigenvalue weighted by Gasteiger charge is -2.30. The number of methoxy groups -OCH3 is 1. The van der Waals surface area contributed by atoms with Crippen molar-refractivity contribution in [2.24, 2.45) is 10.4 Å². The molecule has 1 aliphatic rings. The van der Waals surface area contributed by atoms with E-state index >= 15 is 0 Å². The predicted molar refractivity (Wildman–Crippen MR) is 133 cm³/mol. The number of ether oxygens (including phenoxy) is 1. The molecule has 2 rings (SSSR count). The Kier molecular flexibility index (Phi) is 11.0. The number of nitrogens with one attached hydrogen (secondary N) is 2. The van der Waals surface area contributed by atoms with Crippen molar-refractivity contribution in [3.8, 4) is 0 Å². The van der Waals surface area contributed by atoms with Crippen LogP contribution in [0.2, 0.25) is 0 Å². The number of hydrogen-bond acceptors (Lipinski definition) is 4. The monoisotopic (exact) mass is 552 g/mol. The van der Waals surface area contributed by atoms with Gasteiger partial charge >= 0.3 is 0 Å². The fourth-order valence-corrected chi connectivity index (χ4v) is 4.89. The Morgan fingerprint density at radius 3 is 2.23 bits per heavy atom. The van der Waals surface area contributed by atoms with Crippen LogP contribution in [0, 0.1) is 5.41 Å². The summed E-state index contributed by atoms with van der Waals surface area (Å²) >= 11 is 0. The molecule has 0 bridgehead atoms. The first-order valence-corrected chi connectivity index (χ1v) is 11.7. The van der Waals surface area contributed by atoms with E-state index in [9.17, 15) is 8.42 Å². The van der Waals surface area contributed by atoms with Crippen LogP contribution in [0.5, 0.6) is 0 Å². The maximum absolute atomic E-state index is 12.7. The molecule has 7 nitrogen and oxygen atoms in total. The highest BCUT2D eigenvalue weighted by atomic mass is 127. The Bertz CT molecular complexity index is 770. The van der Waals surface area contributed by atoms with Gasteiger partial charge in [-0.2, -0.15) is 4.31 Å². The van der Waals surface area contributed by atoms with E-state index in [1.807, 2.05) is 12.1 Å². The van der Waals surface area contributed by atoms with Gasteiger partial charge in [-0.15, -0.1) is 24.0 Å². The summed E-state index contributed by atoms with van der Waals surface area (Å²) in [5.74, 6) is 0.682. The Hall–Kier alpha value is -0.910. The molecule has 172 valence electrons. The zero-order valence-electron chi connectivity index (χ0n) is 18.8. The van der Waals surface area contributed by atoms with Gasteiger partial charge in [-0.1, -0.05) is 39.3 Å². The fourth-order valence-electron chi connectivity index (χ4n) is 3.37. The quantitative estimate of drug-likeness (QED) is 0.309. The second-order valence-electron chi connectivity index (χ2n) is 8.51. The lowest BCUT2D eigenvalue weighted by molar-refractivity contribution is 0.0205. The van der Waals surface area contributed by atoms with E-state index in [-0.39, 0.29) is 35.5 Å². The van der Waals surface area contributed by atoms with Crippen LogP contribution < -0.4 is 10.6 Å². The molecule has 1 atom stereocenters. The lowest BCUT2D eigenvalue weighted by Crippen LogP contribution is -2.45. The van der Waals surface area contributed by atoms with Gasteiger partial charge in [-0.3, -0.25) is 4.99 Å². The summed E-state index contributed by atoms with van der Waals surface area (Å²) in [6, 6.07) is 7.09. The molecule has 1 aromatic carbocycles. The third-order valence-electron chi connectivity index (χ3n) is 5.27. The normalized spacial score (nSPS) is 17.2. The maximum atomic E-state index is 12.7. The van der Waals surface area contributed by atoms with Crippen molar-refractivity contribution in [1.29, 1.82) is 0 Å². The minimum absolute atomic E-state index is 0. The van der Waals surface area contributed by atoms with Crippen molar-refractivity contribution in [2.45, 2.75) is 57.6 Å². The predicted octanol–water partition coefficient (Wildman–Crippen LogP) is 3.21. The van der Waals surface area contributed by atoms with Gasteiger partial charge in [0.15, 0.2) is 5.96 Å². The van der Waals surface area contributed by atoms with Crippen LogP contribution in [0.25, 0.3) is 0 Å². The van der Waals surface area contributed by atoms with Crippen LogP contribution in [0.4, 0.5) is 0 Å². The molecular formula is C21H37IN4O3S. The van der Waals surface area contributed by atoms with Crippen LogP contribution in [0.3, 0.4) is 0 Å². The number of guanidine groups is 1. The van der Waals surface area contributed by atoms with Gasteiger partial charge in [-0.25, -0.2) is 8.42 Å². The molecule has 1 unspecified atom stereocenters. The fraction of sp³-hybridized carbons (Fsp3) is 0.667. The first-order valence-electron chi connectivity index (χ1n) is 10.2. The molecule has 1 aliphatic heterocycles. The molecule has 1 saturated heterocycles. The summed E-state index contributed by atoms with van der Waals surface area (Å²) in [5.41, 5.74) is 1.01. The van der Waals surface area contributed by atoms with Crippen LogP contribution in [-0.4, -0.2) is 58.6 Å². The number of benzene rings is 1. The Labute approximate surface area is 199 Å². The summed E-state index contributed by atoms with van der Waals surface area (Å²) in [6.45, 7) is 8.84. The largest absolute Gasteiger partial charge is 0.379 e. The molecule has 30 heavy (non-hydrogen) atoms. The van der Waals surface area contributed by atoms with Crippen LogP contribution in [0.1, 0.15) is 45.6 Å². The molecule has 1 fully saturated rings. The van der Waals surface area contributed by atoms with Gasteiger partial charge in [0.25, 0.3) is 0 Å². The van der Waals surface area contributed by atoms with Crippen molar-refractivity contribution in [3.63, 3.8) is 0 Å². The van der Waals surface area contributed by atoms with E-state index in [4.69, 9.17) is 4.74 Å². The van der Waals surface area contributed by atoms with Gasteiger partial charge in [0.2, 0.25) is 10.0 Å².